The molecule has 0 aliphatic carbocycles. The summed E-state index contributed by atoms with van der Waals surface area (Å²) in [5, 5.41) is 18.3. The SMILES string of the molecule is CCNCc1cncc(-c2ccc3[nH]nc(-c4nc5c(-c6cc(F)cc(NCCNC)c6)cncc5[nH]4)c3c2)c1. The lowest BCUT2D eigenvalue weighted by molar-refractivity contribution is 0.628. The molecule has 0 unspecified atom stereocenters. The largest absolute Gasteiger partial charge is 0.384 e. The van der Waals surface area contributed by atoms with Gasteiger partial charge >= 0.3 is 0 Å². The maximum atomic E-state index is 14.6. The van der Waals surface area contributed by atoms with E-state index in [1.54, 1.807) is 12.4 Å². The van der Waals surface area contributed by atoms with Gasteiger partial charge in [-0.1, -0.05) is 13.0 Å². The molecule has 0 saturated carbocycles. The molecule has 0 spiro atoms. The Morgan fingerprint density at radius 3 is 2.65 bits per heavy atom. The number of aromatic nitrogens is 6. The van der Waals surface area contributed by atoms with E-state index in [1.165, 1.54) is 12.1 Å². The van der Waals surface area contributed by atoms with Crippen LogP contribution in [0.2, 0.25) is 0 Å². The second-order valence-electron chi connectivity index (χ2n) is 9.62. The van der Waals surface area contributed by atoms with Crippen molar-refractivity contribution in [3.63, 3.8) is 0 Å². The quantitative estimate of drug-likeness (QED) is 0.155. The zero-order valence-corrected chi connectivity index (χ0v) is 22.3. The van der Waals surface area contributed by atoms with E-state index in [-0.39, 0.29) is 5.82 Å². The number of halogens is 1. The first-order valence-electron chi connectivity index (χ1n) is 13.3. The van der Waals surface area contributed by atoms with Gasteiger partial charge in [0.25, 0.3) is 0 Å². The number of likely N-dealkylation sites (N-methyl/N-ethyl adjacent to an activating group) is 1. The van der Waals surface area contributed by atoms with E-state index in [0.717, 1.165) is 58.3 Å². The summed E-state index contributed by atoms with van der Waals surface area (Å²) in [5.74, 6) is 0.280. The molecule has 0 bridgehead atoms. The number of imidazole rings is 1. The number of benzene rings is 2. The lowest BCUT2D eigenvalue weighted by atomic mass is 10.0. The van der Waals surface area contributed by atoms with Crippen molar-refractivity contribution in [3.8, 4) is 33.8 Å². The van der Waals surface area contributed by atoms with Gasteiger partial charge in [0.2, 0.25) is 0 Å². The number of nitrogens with one attached hydrogen (secondary N) is 5. The normalized spacial score (nSPS) is 11.5. The zero-order valence-electron chi connectivity index (χ0n) is 22.3. The van der Waals surface area contributed by atoms with E-state index in [1.807, 2.05) is 31.6 Å². The molecule has 2 aromatic carbocycles. The number of hydrogen-bond donors (Lipinski definition) is 5. The smallest absolute Gasteiger partial charge is 0.159 e. The minimum absolute atomic E-state index is 0.327. The number of nitrogens with zero attached hydrogens (tertiary/aromatic N) is 4. The summed E-state index contributed by atoms with van der Waals surface area (Å²) in [6.45, 7) is 5.20. The van der Waals surface area contributed by atoms with Gasteiger partial charge in [0.05, 0.1) is 22.7 Å². The van der Waals surface area contributed by atoms with E-state index < -0.39 is 0 Å². The summed E-state index contributed by atoms with van der Waals surface area (Å²) in [5.41, 5.74) is 8.38. The van der Waals surface area contributed by atoms with Crippen molar-refractivity contribution in [1.82, 2.24) is 40.8 Å². The lowest BCUT2D eigenvalue weighted by Crippen LogP contribution is -2.17. The average molecular weight is 536 g/mol. The highest BCUT2D eigenvalue weighted by atomic mass is 19.1. The molecule has 6 aromatic rings. The van der Waals surface area contributed by atoms with Crippen LogP contribution >= 0.6 is 0 Å². The van der Waals surface area contributed by atoms with Crippen LogP contribution in [-0.4, -0.2) is 56.8 Å². The number of H-pyrrole nitrogens is 2. The first kappa shape index (κ1) is 25.6. The highest BCUT2D eigenvalue weighted by Gasteiger charge is 2.17. The van der Waals surface area contributed by atoms with Crippen molar-refractivity contribution < 1.29 is 4.39 Å². The number of pyridine rings is 2. The maximum Gasteiger partial charge on any atom is 0.159 e. The molecule has 0 fully saturated rings. The third kappa shape index (κ3) is 5.14. The first-order valence-corrected chi connectivity index (χ1v) is 13.3. The van der Waals surface area contributed by atoms with Crippen molar-refractivity contribution in [1.29, 1.82) is 0 Å². The summed E-state index contributed by atoms with van der Waals surface area (Å²) in [6, 6.07) is 13.2. The van der Waals surface area contributed by atoms with Crippen LogP contribution in [0.15, 0.2) is 67.3 Å². The third-order valence-electron chi connectivity index (χ3n) is 6.80. The van der Waals surface area contributed by atoms with E-state index in [0.29, 0.717) is 34.8 Å². The summed E-state index contributed by atoms with van der Waals surface area (Å²) in [7, 11) is 1.88. The molecule has 202 valence electrons. The van der Waals surface area contributed by atoms with Gasteiger partial charge in [-0.3, -0.25) is 15.1 Å². The van der Waals surface area contributed by atoms with Crippen molar-refractivity contribution >= 4 is 27.6 Å². The summed E-state index contributed by atoms with van der Waals surface area (Å²) in [4.78, 5) is 17.1. The summed E-state index contributed by atoms with van der Waals surface area (Å²) in [6.07, 6.45) is 7.19. The van der Waals surface area contributed by atoms with Crippen LogP contribution < -0.4 is 16.0 Å². The summed E-state index contributed by atoms with van der Waals surface area (Å²) >= 11 is 0. The number of anilines is 1. The fourth-order valence-corrected chi connectivity index (χ4v) is 4.82. The molecule has 0 radical (unpaired) electrons. The molecular formula is C30H30FN9. The minimum Gasteiger partial charge on any atom is -0.384 e. The molecule has 0 aliphatic rings. The Bertz CT molecular complexity index is 1790. The average Bonchev–Trinajstić information content (AvgIpc) is 3.60. The Labute approximate surface area is 230 Å². The third-order valence-corrected chi connectivity index (χ3v) is 6.80. The fourth-order valence-electron chi connectivity index (χ4n) is 4.82. The monoisotopic (exact) mass is 535 g/mol. The molecule has 0 amide bonds. The van der Waals surface area contributed by atoms with E-state index in [9.17, 15) is 4.39 Å². The van der Waals surface area contributed by atoms with Crippen LogP contribution in [0.1, 0.15) is 12.5 Å². The van der Waals surface area contributed by atoms with E-state index >= 15 is 0 Å². The second kappa shape index (κ2) is 11.2. The summed E-state index contributed by atoms with van der Waals surface area (Å²) < 4.78 is 14.6. The number of fused-ring (bicyclic) bond motifs is 2. The highest BCUT2D eigenvalue weighted by molar-refractivity contribution is 5.98. The van der Waals surface area contributed by atoms with Gasteiger partial charge < -0.3 is 20.9 Å². The Morgan fingerprint density at radius 1 is 0.875 bits per heavy atom. The first-order chi connectivity index (χ1) is 19.6. The molecule has 4 heterocycles. The molecule has 0 atom stereocenters. The lowest BCUT2D eigenvalue weighted by Gasteiger charge is -2.09. The van der Waals surface area contributed by atoms with E-state index in [2.05, 4.69) is 66.2 Å². The predicted molar refractivity (Wildman–Crippen MR) is 157 cm³/mol. The molecular weight excluding hydrogens is 505 g/mol. The molecule has 4 aromatic heterocycles. The van der Waals surface area contributed by atoms with Crippen LogP contribution in [0, 0.1) is 5.82 Å². The number of aromatic amines is 2. The van der Waals surface area contributed by atoms with Crippen molar-refractivity contribution in [3.05, 3.63) is 78.6 Å². The number of hydrogen-bond acceptors (Lipinski definition) is 7. The molecule has 0 aliphatic heterocycles. The fraction of sp³-hybridized carbons (Fsp3) is 0.200. The predicted octanol–water partition coefficient (Wildman–Crippen LogP) is 5.11. The van der Waals surface area contributed by atoms with Crippen LogP contribution in [0.4, 0.5) is 10.1 Å². The number of rotatable bonds is 10. The topological polar surface area (TPSA) is 119 Å². The van der Waals surface area contributed by atoms with E-state index in [4.69, 9.17) is 4.98 Å². The minimum atomic E-state index is -0.327. The van der Waals surface area contributed by atoms with Crippen LogP contribution in [0.3, 0.4) is 0 Å². The second-order valence-corrected chi connectivity index (χ2v) is 9.62. The van der Waals surface area contributed by atoms with Crippen LogP contribution in [0.25, 0.3) is 55.7 Å². The molecule has 10 heteroatoms. The Hall–Kier alpha value is -4.67. The molecule has 9 nitrogen and oxygen atoms in total. The Kier molecular flexibility index (Phi) is 7.17. The van der Waals surface area contributed by atoms with Crippen molar-refractivity contribution in [2.24, 2.45) is 0 Å². The Balaban J connectivity index is 1.38. The molecule has 6 rings (SSSR count). The molecule has 40 heavy (non-hydrogen) atoms. The van der Waals surface area contributed by atoms with Gasteiger partial charge in [-0.25, -0.2) is 9.37 Å². The van der Waals surface area contributed by atoms with Gasteiger partial charge in [0, 0.05) is 60.4 Å². The van der Waals surface area contributed by atoms with Crippen LogP contribution in [0.5, 0.6) is 0 Å². The van der Waals surface area contributed by atoms with Gasteiger partial charge in [0.1, 0.15) is 11.5 Å². The van der Waals surface area contributed by atoms with Crippen molar-refractivity contribution in [2.75, 3.05) is 32.0 Å². The molecule has 0 saturated heterocycles. The highest BCUT2D eigenvalue weighted by Crippen LogP contribution is 2.33. The van der Waals surface area contributed by atoms with Gasteiger partial charge in [-0.2, -0.15) is 5.10 Å². The van der Waals surface area contributed by atoms with Gasteiger partial charge in [0.15, 0.2) is 5.82 Å². The van der Waals surface area contributed by atoms with Gasteiger partial charge in [-0.05, 0) is 66.7 Å². The van der Waals surface area contributed by atoms with Gasteiger partial charge in [-0.15, -0.1) is 0 Å². The zero-order chi connectivity index (χ0) is 27.5. The van der Waals surface area contributed by atoms with Crippen LogP contribution in [-0.2, 0) is 6.54 Å². The maximum absolute atomic E-state index is 14.6. The standard InChI is InChI=1S/C30H30FN9/c1-3-33-13-18-8-21(15-34-14-18)19-4-5-26-24(11-19)29(40-39-26)30-37-27-17-35-16-25(28(27)38-30)20-9-22(31)12-23(10-20)36-7-6-32-2/h4-5,8-12,14-17,32-33,36H,3,6-7,13H2,1-2H3,(H,37,38)(H,39,40). The van der Waals surface area contributed by atoms with Crippen molar-refractivity contribution in [2.45, 2.75) is 13.5 Å². The molecule has 5 N–H and O–H groups in total. The Morgan fingerprint density at radius 2 is 1.77 bits per heavy atom.